The molecule has 1 aliphatic heterocycles. The van der Waals surface area contributed by atoms with Gasteiger partial charge in [0.2, 0.25) is 11.9 Å². The van der Waals surface area contributed by atoms with Crippen molar-refractivity contribution in [2.45, 2.75) is 45.3 Å². The molecular formula is C16H23N5O3. The maximum Gasteiger partial charge on any atom is 0.414 e. The first-order valence-corrected chi connectivity index (χ1v) is 7.58. The number of pyridine rings is 1. The summed E-state index contributed by atoms with van der Waals surface area (Å²) in [4.78, 5) is 34.2. The number of nitrogens with zero attached hydrogens (tertiary/aromatic N) is 3. The first kappa shape index (κ1) is 17.7. The van der Waals surface area contributed by atoms with E-state index in [1.165, 1.54) is 11.1 Å². The summed E-state index contributed by atoms with van der Waals surface area (Å²) < 4.78 is 5.22. The Morgan fingerprint density at radius 2 is 2.08 bits per heavy atom. The van der Waals surface area contributed by atoms with E-state index in [2.05, 4.69) is 15.3 Å². The fourth-order valence-electron chi connectivity index (χ4n) is 2.31. The smallest absolute Gasteiger partial charge is 0.414 e. The lowest BCUT2D eigenvalue weighted by Gasteiger charge is -2.35. The zero-order valence-electron chi connectivity index (χ0n) is 14.6. The van der Waals surface area contributed by atoms with Crippen molar-refractivity contribution in [3.8, 4) is 0 Å². The number of nitrogen functional groups attached to an aromatic ring is 1. The van der Waals surface area contributed by atoms with Crippen molar-refractivity contribution in [2.75, 3.05) is 12.8 Å². The molecule has 2 amide bonds. The van der Waals surface area contributed by atoms with Crippen molar-refractivity contribution in [2.24, 2.45) is 4.99 Å². The minimum atomic E-state index is -0.865. The van der Waals surface area contributed by atoms with Crippen molar-refractivity contribution in [1.82, 2.24) is 15.2 Å². The number of hydrogen-bond acceptors (Lipinski definition) is 6. The standard InChI is InChI=1S/C16H23N5O3/c1-15(2,3)24-14(23)19-13-20-16(4,7-12(22)21(13)5)10-6-11(17)9-18-8-10/h6,8-9H,7,17H2,1-5H3,(H,19,20,23). The second-order valence-corrected chi connectivity index (χ2v) is 6.97. The summed E-state index contributed by atoms with van der Waals surface area (Å²) in [6.07, 6.45) is 2.61. The van der Waals surface area contributed by atoms with Crippen molar-refractivity contribution < 1.29 is 14.3 Å². The number of carbonyl (C=O) groups is 2. The average Bonchev–Trinajstić information content (AvgIpc) is 2.42. The van der Waals surface area contributed by atoms with Crippen LogP contribution in [0.3, 0.4) is 0 Å². The Hall–Kier alpha value is -2.64. The summed E-state index contributed by atoms with van der Waals surface area (Å²) >= 11 is 0. The average molecular weight is 333 g/mol. The molecule has 8 nitrogen and oxygen atoms in total. The van der Waals surface area contributed by atoms with Gasteiger partial charge in [0.15, 0.2) is 0 Å². The highest BCUT2D eigenvalue weighted by molar-refractivity contribution is 6.04. The van der Waals surface area contributed by atoms with E-state index in [1.807, 2.05) is 0 Å². The van der Waals surface area contributed by atoms with Gasteiger partial charge >= 0.3 is 6.09 Å². The van der Waals surface area contributed by atoms with Gasteiger partial charge in [0, 0.05) is 25.0 Å². The van der Waals surface area contributed by atoms with Crippen LogP contribution in [-0.2, 0) is 15.1 Å². The summed E-state index contributed by atoms with van der Waals surface area (Å²) in [5, 5.41) is 2.54. The molecule has 1 aromatic heterocycles. The number of anilines is 1. The predicted octanol–water partition coefficient (Wildman–Crippen LogP) is 1.62. The molecule has 130 valence electrons. The summed E-state index contributed by atoms with van der Waals surface area (Å²) in [6, 6.07) is 1.72. The van der Waals surface area contributed by atoms with E-state index < -0.39 is 17.2 Å². The third-order valence-corrected chi connectivity index (χ3v) is 3.53. The van der Waals surface area contributed by atoms with Crippen LogP contribution in [0.25, 0.3) is 0 Å². The highest BCUT2D eigenvalue weighted by atomic mass is 16.6. The van der Waals surface area contributed by atoms with Crippen LogP contribution in [-0.4, -0.2) is 40.5 Å². The number of nitrogens with two attached hydrogens (primary N) is 1. The SMILES string of the molecule is CN1C(=O)CC(C)(c2cncc(N)c2)N=C1NC(=O)OC(C)(C)C. The van der Waals surface area contributed by atoms with Crippen LogP contribution >= 0.6 is 0 Å². The Morgan fingerprint density at radius 3 is 2.67 bits per heavy atom. The molecule has 0 bridgehead atoms. The molecule has 1 unspecified atom stereocenters. The number of guanidine groups is 1. The van der Waals surface area contributed by atoms with E-state index in [1.54, 1.807) is 47.0 Å². The Labute approximate surface area is 141 Å². The highest BCUT2D eigenvalue weighted by Crippen LogP contribution is 2.33. The maximum absolute atomic E-state index is 12.3. The number of nitrogens with one attached hydrogen (secondary N) is 1. The lowest BCUT2D eigenvalue weighted by atomic mass is 9.88. The minimum Gasteiger partial charge on any atom is -0.444 e. The van der Waals surface area contributed by atoms with E-state index >= 15 is 0 Å². The van der Waals surface area contributed by atoms with Gasteiger partial charge < -0.3 is 10.5 Å². The lowest BCUT2D eigenvalue weighted by Crippen LogP contribution is -2.52. The molecule has 2 heterocycles. The largest absolute Gasteiger partial charge is 0.444 e. The lowest BCUT2D eigenvalue weighted by molar-refractivity contribution is -0.128. The summed E-state index contributed by atoms with van der Waals surface area (Å²) in [5.74, 6) is -0.0496. The Kier molecular flexibility index (Phi) is 4.50. The highest BCUT2D eigenvalue weighted by Gasteiger charge is 2.38. The van der Waals surface area contributed by atoms with Crippen LogP contribution in [0.5, 0.6) is 0 Å². The van der Waals surface area contributed by atoms with Gasteiger partial charge in [-0.15, -0.1) is 0 Å². The molecule has 0 saturated heterocycles. The van der Waals surface area contributed by atoms with E-state index in [-0.39, 0.29) is 18.3 Å². The third-order valence-electron chi connectivity index (χ3n) is 3.53. The molecule has 0 radical (unpaired) electrons. The summed E-state index contributed by atoms with van der Waals surface area (Å²) in [6.45, 7) is 7.07. The van der Waals surface area contributed by atoms with Crippen molar-refractivity contribution in [3.63, 3.8) is 0 Å². The molecule has 3 N–H and O–H groups in total. The number of alkyl carbamates (subject to hydrolysis) is 1. The number of rotatable bonds is 1. The Balaban J connectivity index is 2.33. The van der Waals surface area contributed by atoms with Gasteiger partial charge in [0.05, 0.1) is 17.6 Å². The molecule has 0 fully saturated rings. The second kappa shape index (κ2) is 6.10. The van der Waals surface area contributed by atoms with E-state index in [4.69, 9.17) is 10.5 Å². The fraction of sp³-hybridized carbons (Fsp3) is 0.500. The first-order chi connectivity index (χ1) is 11.0. The third kappa shape index (κ3) is 4.01. The Morgan fingerprint density at radius 1 is 1.42 bits per heavy atom. The van der Waals surface area contributed by atoms with Crippen molar-refractivity contribution >= 4 is 23.6 Å². The van der Waals surface area contributed by atoms with Gasteiger partial charge in [-0.25, -0.2) is 9.79 Å². The van der Waals surface area contributed by atoms with Gasteiger partial charge in [-0.2, -0.15) is 0 Å². The normalized spacial score (nSPS) is 21.3. The monoisotopic (exact) mass is 333 g/mol. The molecule has 0 saturated carbocycles. The number of aromatic nitrogens is 1. The van der Waals surface area contributed by atoms with Gasteiger partial charge in [-0.1, -0.05) is 0 Å². The molecular weight excluding hydrogens is 310 g/mol. The first-order valence-electron chi connectivity index (χ1n) is 7.58. The number of amides is 2. The Bertz CT molecular complexity index is 695. The van der Waals surface area contributed by atoms with Gasteiger partial charge in [0.1, 0.15) is 5.60 Å². The molecule has 0 aliphatic carbocycles. The van der Waals surface area contributed by atoms with Crippen molar-refractivity contribution in [3.05, 3.63) is 24.0 Å². The molecule has 24 heavy (non-hydrogen) atoms. The zero-order chi connectivity index (χ0) is 18.1. The summed E-state index contributed by atoms with van der Waals surface area (Å²) in [5.41, 5.74) is 5.44. The summed E-state index contributed by atoms with van der Waals surface area (Å²) in [7, 11) is 1.55. The molecule has 1 aromatic rings. The minimum absolute atomic E-state index is 0.130. The van der Waals surface area contributed by atoms with Gasteiger partial charge in [-0.3, -0.25) is 20.0 Å². The second-order valence-electron chi connectivity index (χ2n) is 6.97. The van der Waals surface area contributed by atoms with Gasteiger partial charge in [-0.05, 0) is 33.8 Å². The van der Waals surface area contributed by atoms with Crippen LogP contribution in [0.4, 0.5) is 10.5 Å². The van der Waals surface area contributed by atoms with Crippen LogP contribution in [0.1, 0.15) is 39.7 Å². The number of carbonyl (C=O) groups excluding carboxylic acids is 2. The van der Waals surface area contributed by atoms with E-state index in [0.29, 0.717) is 11.3 Å². The topological polar surface area (TPSA) is 110 Å². The molecule has 0 aromatic carbocycles. The number of aliphatic imine (C=N–C) groups is 1. The van der Waals surface area contributed by atoms with Crippen LogP contribution in [0.15, 0.2) is 23.5 Å². The van der Waals surface area contributed by atoms with E-state index in [0.717, 1.165) is 0 Å². The van der Waals surface area contributed by atoms with Crippen LogP contribution in [0.2, 0.25) is 0 Å². The maximum atomic E-state index is 12.3. The number of hydrogen-bond donors (Lipinski definition) is 2. The zero-order valence-corrected chi connectivity index (χ0v) is 14.6. The molecule has 1 aliphatic rings. The van der Waals surface area contributed by atoms with E-state index in [9.17, 15) is 9.59 Å². The van der Waals surface area contributed by atoms with Crippen LogP contribution < -0.4 is 11.1 Å². The predicted molar refractivity (Wildman–Crippen MR) is 90.2 cm³/mol. The fourth-order valence-corrected chi connectivity index (χ4v) is 2.31. The van der Waals surface area contributed by atoms with Gasteiger partial charge in [0.25, 0.3) is 0 Å². The van der Waals surface area contributed by atoms with Crippen molar-refractivity contribution in [1.29, 1.82) is 0 Å². The quantitative estimate of drug-likeness (QED) is 0.811. The molecule has 0 spiro atoms. The molecule has 2 rings (SSSR count). The number of ether oxygens (including phenoxy) is 1. The molecule has 8 heteroatoms. The molecule has 1 atom stereocenters. The van der Waals surface area contributed by atoms with Crippen LogP contribution in [0, 0.1) is 0 Å².